The summed E-state index contributed by atoms with van der Waals surface area (Å²) in [4.78, 5) is 38.8. The molecule has 7 nitrogen and oxygen atoms in total. The van der Waals surface area contributed by atoms with Gasteiger partial charge in [-0.15, -0.1) is 11.3 Å². The first kappa shape index (κ1) is 20.0. The van der Waals surface area contributed by atoms with Crippen molar-refractivity contribution < 1.29 is 19.1 Å². The van der Waals surface area contributed by atoms with Crippen LogP contribution in [0.4, 0.5) is 4.79 Å². The smallest absolute Gasteiger partial charge is 0.338 e. The van der Waals surface area contributed by atoms with Crippen LogP contribution in [-0.2, 0) is 22.6 Å². The fourth-order valence-electron chi connectivity index (χ4n) is 2.95. The van der Waals surface area contributed by atoms with Crippen molar-refractivity contribution in [3.8, 4) is 0 Å². The minimum atomic E-state index is -0.678. The summed E-state index contributed by atoms with van der Waals surface area (Å²) < 4.78 is 4.98. The summed E-state index contributed by atoms with van der Waals surface area (Å²) in [5, 5.41) is 6.60. The molecule has 1 aromatic heterocycles. The molecular weight excluding hydrogens is 378 g/mol. The molecule has 0 bridgehead atoms. The molecule has 0 saturated carbocycles. The third kappa shape index (κ3) is 6.17. The molecule has 8 heteroatoms. The quantitative estimate of drug-likeness (QED) is 0.696. The molecule has 2 N–H and O–H groups in total. The molecule has 0 unspecified atom stereocenters. The van der Waals surface area contributed by atoms with Gasteiger partial charge in [-0.1, -0.05) is 18.2 Å². The number of nitrogens with zero attached hydrogens (tertiary/aromatic N) is 1. The van der Waals surface area contributed by atoms with Crippen molar-refractivity contribution in [3.63, 3.8) is 0 Å². The summed E-state index contributed by atoms with van der Waals surface area (Å²) in [6.45, 7) is 2.92. The standard InChI is InChI=1S/C20H23N3O4S/c24-18(22-20(26)21-12-17-4-3-11-28-17)14-27-19(25)16-7-5-15(6-8-16)13-23-9-1-2-10-23/h3-8,11H,1-2,9-10,12-14H2,(H2,21,22,24,26). The van der Waals surface area contributed by atoms with E-state index >= 15 is 0 Å². The van der Waals surface area contributed by atoms with Crippen LogP contribution in [0.1, 0.15) is 33.6 Å². The molecule has 2 aromatic rings. The van der Waals surface area contributed by atoms with Gasteiger partial charge in [-0.2, -0.15) is 0 Å². The molecule has 28 heavy (non-hydrogen) atoms. The number of amides is 3. The molecule has 3 rings (SSSR count). The van der Waals surface area contributed by atoms with Crippen LogP contribution < -0.4 is 10.6 Å². The number of carbonyl (C=O) groups excluding carboxylic acids is 3. The SMILES string of the molecule is O=C(COC(=O)c1ccc(CN2CCCC2)cc1)NC(=O)NCc1cccs1. The van der Waals surface area contributed by atoms with Gasteiger partial charge in [-0.25, -0.2) is 9.59 Å². The number of esters is 1. The number of hydrogen-bond donors (Lipinski definition) is 2. The van der Waals surface area contributed by atoms with E-state index in [0.717, 1.165) is 30.1 Å². The van der Waals surface area contributed by atoms with Crippen molar-refractivity contribution in [1.29, 1.82) is 0 Å². The number of benzene rings is 1. The van der Waals surface area contributed by atoms with E-state index in [1.54, 1.807) is 12.1 Å². The number of ether oxygens (including phenoxy) is 1. The Morgan fingerprint density at radius 1 is 1.07 bits per heavy atom. The molecule has 0 spiro atoms. The number of imide groups is 1. The summed E-state index contributed by atoms with van der Waals surface area (Å²) in [5.41, 5.74) is 1.51. The van der Waals surface area contributed by atoms with Gasteiger partial charge in [0.2, 0.25) is 0 Å². The zero-order chi connectivity index (χ0) is 19.8. The maximum Gasteiger partial charge on any atom is 0.338 e. The van der Waals surface area contributed by atoms with Crippen LogP contribution in [0.15, 0.2) is 41.8 Å². The second-order valence-electron chi connectivity index (χ2n) is 6.57. The van der Waals surface area contributed by atoms with Crippen LogP contribution in [0.2, 0.25) is 0 Å². The van der Waals surface area contributed by atoms with Gasteiger partial charge in [-0.05, 0) is 55.1 Å². The maximum atomic E-state index is 12.1. The van der Waals surface area contributed by atoms with Crippen LogP contribution in [0.25, 0.3) is 0 Å². The van der Waals surface area contributed by atoms with Gasteiger partial charge in [0.25, 0.3) is 5.91 Å². The Morgan fingerprint density at radius 2 is 1.82 bits per heavy atom. The molecule has 1 fully saturated rings. The van der Waals surface area contributed by atoms with Crippen LogP contribution in [0.3, 0.4) is 0 Å². The molecule has 148 valence electrons. The first-order chi connectivity index (χ1) is 13.6. The number of rotatable bonds is 7. The minimum Gasteiger partial charge on any atom is -0.452 e. The number of carbonyl (C=O) groups is 3. The van der Waals surface area contributed by atoms with Gasteiger partial charge < -0.3 is 10.1 Å². The molecule has 1 aliphatic heterocycles. The first-order valence-electron chi connectivity index (χ1n) is 9.18. The van der Waals surface area contributed by atoms with E-state index in [1.807, 2.05) is 29.6 Å². The van der Waals surface area contributed by atoms with Gasteiger partial charge >= 0.3 is 12.0 Å². The Bertz CT molecular complexity index is 799. The Kier molecular flexibility index (Phi) is 7.16. The van der Waals surface area contributed by atoms with Crippen LogP contribution in [0, 0.1) is 0 Å². The highest BCUT2D eigenvalue weighted by Gasteiger charge is 2.14. The van der Waals surface area contributed by atoms with Crippen molar-refractivity contribution in [2.24, 2.45) is 0 Å². The van der Waals surface area contributed by atoms with Crippen molar-refractivity contribution >= 4 is 29.2 Å². The minimum absolute atomic E-state index is 0.334. The van der Waals surface area contributed by atoms with Gasteiger partial charge in [-0.3, -0.25) is 15.0 Å². The summed E-state index contributed by atoms with van der Waals surface area (Å²) in [6.07, 6.45) is 2.47. The predicted molar refractivity (Wildman–Crippen MR) is 106 cm³/mol. The summed E-state index contributed by atoms with van der Waals surface area (Å²) in [7, 11) is 0. The largest absolute Gasteiger partial charge is 0.452 e. The molecule has 3 amide bonds. The van der Waals surface area contributed by atoms with E-state index in [0.29, 0.717) is 12.1 Å². The Hall–Kier alpha value is -2.71. The van der Waals surface area contributed by atoms with E-state index in [-0.39, 0.29) is 0 Å². The second-order valence-corrected chi connectivity index (χ2v) is 7.60. The molecule has 0 aliphatic carbocycles. The molecule has 1 aliphatic rings. The van der Waals surface area contributed by atoms with Crippen LogP contribution >= 0.6 is 11.3 Å². The lowest BCUT2D eigenvalue weighted by Crippen LogP contribution is -2.41. The van der Waals surface area contributed by atoms with Crippen molar-refractivity contribution in [1.82, 2.24) is 15.5 Å². The van der Waals surface area contributed by atoms with E-state index in [4.69, 9.17) is 4.74 Å². The Labute approximate surface area is 167 Å². The number of likely N-dealkylation sites (tertiary alicyclic amines) is 1. The second kappa shape index (κ2) is 10.0. The van der Waals surface area contributed by atoms with Crippen molar-refractivity contribution in [2.75, 3.05) is 19.7 Å². The number of hydrogen-bond acceptors (Lipinski definition) is 6. The van der Waals surface area contributed by atoms with Gasteiger partial charge in [0.15, 0.2) is 6.61 Å². The fourth-order valence-corrected chi connectivity index (χ4v) is 3.59. The molecule has 2 heterocycles. The summed E-state index contributed by atoms with van der Waals surface area (Å²) in [6, 6.07) is 10.3. The lowest BCUT2D eigenvalue weighted by molar-refractivity contribution is -0.123. The molecular formula is C20H23N3O4S. The van der Waals surface area contributed by atoms with Gasteiger partial charge in [0.05, 0.1) is 12.1 Å². The molecule has 1 aromatic carbocycles. The van der Waals surface area contributed by atoms with Gasteiger partial charge in [0, 0.05) is 11.4 Å². The van der Waals surface area contributed by atoms with Crippen LogP contribution in [-0.4, -0.2) is 42.5 Å². The number of thiophene rings is 1. The van der Waals surface area contributed by atoms with Crippen LogP contribution in [0.5, 0.6) is 0 Å². The molecule has 0 radical (unpaired) electrons. The zero-order valence-electron chi connectivity index (χ0n) is 15.5. The monoisotopic (exact) mass is 401 g/mol. The maximum absolute atomic E-state index is 12.1. The molecule has 0 atom stereocenters. The average molecular weight is 401 g/mol. The number of urea groups is 1. The third-order valence-electron chi connectivity index (χ3n) is 4.39. The van der Waals surface area contributed by atoms with E-state index in [2.05, 4.69) is 15.5 Å². The van der Waals surface area contributed by atoms with E-state index in [1.165, 1.54) is 24.2 Å². The molecule has 1 saturated heterocycles. The zero-order valence-corrected chi connectivity index (χ0v) is 16.3. The van der Waals surface area contributed by atoms with Gasteiger partial charge in [0.1, 0.15) is 0 Å². The number of nitrogens with one attached hydrogen (secondary N) is 2. The van der Waals surface area contributed by atoms with Crippen molar-refractivity contribution in [3.05, 3.63) is 57.8 Å². The highest BCUT2D eigenvalue weighted by Crippen LogP contribution is 2.13. The predicted octanol–water partition coefficient (Wildman–Crippen LogP) is 2.53. The van der Waals surface area contributed by atoms with Crippen molar-refractivity contribution in [2.45, 2.75) is 25.9 Å². The third-order valence-corrected chi connectivity index (χ3v) is 5.26. The normalized spacial score (nSPS) is 13.9. The van der Waals surface area contributed by atoms with E-state index in [9.17, 15) is 14.4 Å². The first-order valence-corrected chi connectivity index (χ1v) is 10.1. The fraction of sp³-hybridized carbons (Fsp3) is 0.350. The Morgan fingerprint density at radius 3 is 2.50 bits per heavy atom. The summed E-state index contributed by atoms with van der Waals surface area (Å²) >= 11 is 1.51. The Balaban J connectivity index is 1.37. The topological polar surface area (TPSA) is 87.7 Å². The van der Waals surface area contributed by atoms with E-state index < -0.39 is 24.5 Å². The highest BCUT2D eigenvalue weighted by atomic mass is 32.1. The lowest BCUT2D eigenvalue weighted by atomic mass is 10.1. The summed E-state index contributed by atoms with van der Waals surface area (Å²) in [5.74, 6) is -1.27. The lowest BCUT2D eigenvalue weighted by Gasteiger charge is -2.14. The highest BCUT2D eigenvalue weighted by molar-refractivity contribution is 7.09. The average Bonchev–Trinajstić information content (AvgIpc) is 3.39.